The molecule has 0 aliphatic rings. The van der Waals surface area contributed by atoms with Crippen molar-refractivity contribution < 1.29 is 0 Å². The first-order valence-electron chi connectivity index (χ1n) is 5.69. The summed E-state index contributed by atoms with van der Waals surface area (Å²) < 4.78 is 1.09. The third kappa shape index (κ3) is 2.24. The first-order chi connectivity index (χ1) is 8.70. The fourth-order valence-electron chi connectivity index (χ4n) is 1.96. The van der Waals surface area contributed by atoms with E-state index in [1.165, 1.54) is 5.56 Å². The number of hydrogen-bond acceptors (Lipinski definition) is 2. The standard InChI is InChI=1S/C14H12BrN3/c15-10-3-1-9(2-4-10)7-14-17-12-6-5-11(16)8-13(12)18-14/h1-6,8H,7,16H2,(H,17,18). The predicted octanol–water partition coefficient (Wildman–Crippen LogP) is 3.50. The fraction of sp³-hybridized carbons (Fsp3) is 0.0714. The van der Waals surface area contributed by atoms with Gasteiger partial charge in [0.25, 0.3) is 0 Å². The SMILES string of the molecule is Nc1ccc2nc(Cc3ccc(Br)cc3)[nH]c2c1. The highest BCUT2D eigenvalue weighted by atomic mass is 79.9. The molecule has 1 heterocycles. The Morgan fingerprint density at radius 1 is 1.11 bits per heavy atom. The maximum Gasteiger partial charge on any atom is 0.111 e. The summed E-state index contributed by atoms with van der Waals surface area (Å²) in [4.78, 5) is 7.85. The number of hydrogen-bond donors (Lipinski definition) is 2. The third-order valence-corrected chi connectivity index (χ3v) is 3.37. The van der Waals surface area contributed by atoms with Gasteiger partial charge in [-0.05, 0) is 35.9 Å². The normalized spacial score (nSPS) is 10.9. The molecular weight excluding hydrogens is 290 g/mol. The number of aromatic nitrogens is 2. The number of H-pyrrole nitrogens is 1. The highest BCUT2D eigenvalue weighted by Crippen LogP contribution is 2.17. The van der Waals surface area contributed by atoms with Crippen LogP contribution in [0.25, 0.3) is 11.0 Å². The number of aromatic amines is 1. The summed E-state index contributed by atoms with van der Waals surface area (Å²) >= 11 is 3.43. The Morgan fingerprint density at radius 2 is 1.89 bits per heavy atom. The van der Waals surface area contributed by atoms with Crippen molar-refractivity contribution in [1.29, 1.82) is 0 Å². The molecule has 0 aliphatic heterocycles. The van der Waals surface area contributed by atoms with Crippen LogP contribution in [0.4, 0.5) is 5.69 Å². The van der Waals surface area contributed by atoms with Gasteiger partial charge in [0, 0.05) is 16.6 Å². The maximum absolute atomic E-state index is 5.75. The van der Waals surface area contributed by atoms with Crippen molar-refractivity contribution in [3.05, 3.63) is 58.3 Å². The van der Waals surface area contributed by atoms with E-state index in [4.69, 9.17) is 5.73 Å². The number of rotatable bonds is 2. The molecular formula is C14H12BrN3. The van der Waals surface area contributed by atoms with E-state index in [9.17, 15) is 0 Å². The van der Waals surface area contributed by atoms with Crippen LogP contribution in [0.3, 0.4) is 0 Å². The minimum atomic E-state index is 0.751. The number of anilines is 1. The molecule has 0 radical (unpaired) electrons. The maximum atomic E-state index is 5.75. The van der Waals surface area contributed by atoms with Gasteiger partial charge in [-0.2, -0.15) is 0 Å². The third-order valence-electron chi connectivity index (χ3n) is 2.84. The smallest absolute Gasteiger partial charge is 0.111 e. The fourth-order valence-corrected chi connectivity index (χ4v) is 2.22. The zero-order valence-corrected chi connectivity index (χ0v) is 11.2. The van der Waals surface area contributed by atoms with Gasteiger partial charge in [-0.15, -0.1) is 0 Å². The van der Waals surface area contributed by atoms with Crippen LogP contribution >= 0.6 is 15.9 Å². The summed E-state index contributed by atoms with van der Waals surface area (Å²) in [6, 6.07) is 14.0. The lowest BCUT2D eigenvalue weighted by Crippen LogP contribution is -1.89. The van der Waals surface area contributed by atoms with Crippen LogP contribution in [0.5, 0.6) is 0 Å². The van der Waals surface area contributed by atoms with Crippen molar-refractivity contribution in [2.24, 2.45) is 0 Å². The van der Waals surface area contributed by atoms with Crippen LogP contribution in [-0.4, -0.2) is 9.97 Å². The molecule has 3 N–H and O–H groups in total. The molecule has 0 amide bonds. The highest BCUT2D eigenvalue weighted by molar-refractivity contribution is 9.10. The minimum absolute atomic E-state index is 0.751. The molecule has 0 saturated heterocycles. The molecule has 0 unspecified atom stereocenters. The first-order valence-corrected chi connectivity index (χ1v) is 6.48. The van der Waals surface area contributed by atoms with Crippen molar-refractivity contribution in [2.45, 2.75) is 6.42 Å². The summed E-state index contributed by atoms with van der Waals surface area (Å²) in [5.74, 6) is 0.956. The molecule has 3 rings (SSSR count). The molecule has 0 saturated carbocycles. The quantitative estimate of drug-likeness (QED) is 0.712. The number of fused-ring (bicyclic) bond motifs is 1. The van der Waals surface area contributed by atoms with E-state index in [2.05, 4.69) is 38.0 Å². The molecule has 18 heavy (non-hydrogen) atoms. The van der Waals surface area contributed by atoms with Gasteiger partial charge in [-0.1, -0.05) is 28.1 Å². The number of nitrogen functional groups attached to an aromatic ring is 1. The average Bonchev–Trinajstić information content (AvgIpc) is 2.73. The van der Waals surface area contributed by atoms with Crippen molar-refractivity contribution in [3.63, 3.8) is 0 Å². The Hall–Kier alpha value is -1.81. The van der Waals surface area contributed by atoms with Crippen molar-refractivity contribution in [1.82, 2.24) is 9.97 Å². The molecule has 3 aromatic rings. The molecule has 0 spiro atoms. The van der Waals surface area contributed by atoms with Gasteiger partial charge in [0.05, 0.1) is 11.0 Å². The Labute approximate surface area is 113 Å². The first kappa shape index (κ1) is 11.3. The van der Waals surface area contributed by atoms with Crippen molar-refractivity contribution >= 4 is 32.7 Å². The minimum Gasteiger partial charge on any atom is -0.399 e. The molecule has 2 aromatic carbocycles. The second-order valence-corrected chi connectivity index (χ2v) is 5.18. The Kier molecular flexibility index (Phi) is 2.80. The van der Waals surface area contributed by atoms with E-state index < -0.39 is 0 Å². The Morgan fingerprint density at radius 3 is 2.67 bits per heavy atom. The molecule has 4 heteroatoms. The lowest BCUT2D eigenvalue weighted by atomic mass is 10.1. The van der Waals surface area contributed by atoms with Crippen LogP contribution < -0.4 is 5.73 Å². The molecule has 3 nitrogen and oxygen atoms in total. The van der Waals surface area contributed by atoms with Gasteiger partial charge in [0.1, 0.15) is 5.82 Å². The highest BCUT2D eigenvalue weighted by Gasteiger charge is 2.04. The summed E-state index contributed by atoms with van der Waals surface area (Å²) in [5, 5.41) is 0. The molecule has 0 atom stereocenters. The number of nitrogens with two attached hydrogens (primary N) is 1. The Balaban J connectivity index is 1.92. The van der Waals surface area contributed by atoms with Gasteiger partial charge >= 0.3 is 0 Å². The summed E-state index contributed by atoms with van der Waals surface area (Å²) in [6.07, 6.45) is 0.794. The van der Waals surface area contributed by atoms with E-state index in [0.29, 0.717) is 0 Å². The van der Waals surface area contributed by atoms with Gasteiger partial charge in [-0.25, -0.2) is 4.98 Å². The van der Waals surface area contributed by atoms with Crippen molar-refractivity contribution in [2.75, 3.05) is 5.73 Å². The van der Waals surface area contributed by atoms with Gasteiger partial charge < -0.3 is 10.7 Å². The van der Waals surface area contributed by atoms with Gasteiger partial charge in [0.15, 0.2) is 0 Å². The van der Waals surface area contributed by atoms with E-state index >= 15 is 0 Å². The zero-order valence-electron chi connectivity index (χ0n) is 9.65. The van der Waals surface area contributed by atoms with E-state index in [-0.39, 0.29) is 0 Å². The van der Waals surface area contributed by atoms with Crippen molar-refractivity contribution in [3.8, 4) is 0 Å². The van der Waals surface area contributed by atoms with E-state index in [1.54, 1.807) is 0 Å². The number of imidazole rings is 1. The number of benzene rings is 2. The lowest BCUT2D eigenvalue weighted by molar-refractivity contribution is 1.04. The van der Waals surface area contributed by atoms with E-state index in [1.807, 2.05) is 30.3 Å². The lowest BCUT2D eigenvalue weighted by Gasteiger charge is -1.97. The molecule has 1 aromatic heterocycles. The summed E-state index contributed by atoms with van der Waals surface area (Å²) in [5.41, 5.74) is 9.67. The second-order valence-electron chi connectivity index (χ2n) is 4.26. The van der Waals surface area contributed by atoms with Crippen LogP contribution in [0, 0.1) is 0 Å². The largest absolute Gasteiger partial charge is 0.399 e. The molecule has 0 fully saturated rings. The van der Waals surface area contributed by atoms with Crippen LogP contribution in [-0.2, 0) is 6.42 Å². The Bertz CT molecular complexity index is 686. The summed E-state index contributed by atoms with van der Waals surface area (Å²) in [6.45, 7) is 0. The number of nitrogens with one attached hydrogen (secondary N) is 1. The van der Waals surface area contributed by atoms with E-state index in [0.717, 1.165) is 33.4 Å². The molecule has 0 bridgehead atoms. The van der Waals surface area contributed by atoms with Gasteiger partial charge in [0.2, 0.25) is 0 Å². The molecule has 0 aliphatic carbocycles. The summed E-state index contributed by atoms with van der Waals surface area (Å²) in [7, 11) is 0. The number of halogens is 1. The topological polar surface area (TPSA) is 54.7 Å². The van der Waals surface area contributed by atoms with Crippen LogP contribution in [0.15, 0.2) is 46.9 Å². The van der Waals surface area contributed by atoms with Crippen LogP contribution in [0.1, 0.15) is 11.4 Å². The predicted molar refractivity (Wildman–Crippen MR) is 77.5 cm³/mol. The monoisotopic (exact) mass is 301 g/mol. The second kappa shape index (κ2) is 4.46. The molecule has 90 valence electrons. The van der Waals surface area contributed by atoms with Crippen LogP contribution in [0.2, 0.25) is 0 Å². The van der Waals surface area contributed by atoms with Gasteiger partial charge in [-0.3, -0.25) is 0 Å². The number of nitrogens with zero attached hydrogens (tertiary/aromatic N) is 1. The zero-order chi connectivity index (χ0) is 12.5. The average molecular weight is 302 g/mol.